The van der Waals surface area contributed by atoms with Crippen molar-refractivity contribution in [1.82, 2.24) is 10.3 Å². The Labute approximate surface area is 127 Å². The Hall–Kier alpha value is -1.33. The van der Waals surface area contributed by atoms with E-state index in [0.29, 0.717) is 19.1 Å². The monoisotopic (exact) mass is 293 g/mol. The van der Waals surface area contributed by atoms with Gasteiger partial charge in [-0.05, 0) is 12.3 Å². The average molecular weight is 293 g/mol. The number of piperazine rings is 1. The number of rotatable bonds is 8. The van der Waals surface area contributed by atoms with Crippen LogP contribution in [-0.4, -0.2) is 51.0 Å². The van der Waals surface area contributed by atoms with Crippen molar-refractivity contribution in [2.75, 3.05) is 50.9 Å². The first-order valence-electron chi connectivity index (χ1n) is 7.87. The highest BCUT2D eigenvalue weighted by molar-refractivity contribution is 5.48. The molecule has 5 nitrogen and oxygen atoms in total. The van der Waals surface area contributed by atoms with Crippen molar-refractivity contribution >= 4 is 5.69 Å². The predicted octanol–water partition coefficient (Wildman–Crippen LogP) is 1.93. The van der Waals surface area contributed by atoms with Crippen molar-refractivity contribution in [2.24, 2.45) is 5.92 Å². The zero-order valence-electron chi connectivity index (χ0n) is 13.2. The summed E-state index contributed by atoms with van der Waals surface area (Å²) in [7, 11) is 0. The second kappa shape index (κ2) is 8.85. The third-order valence-electron chi connectivity index (χ3n) is 3.52. The molecule has 1 aromatic rings. The maximum absolute atomic E-state index is 5.71. The molecule has 1 aliphatic rings. The normalized spacial score (nSPS) is 15.5. The minimum Gasteiger partial charge on any atom is -0.489 e. The molecule has 0 aromatic carbocycles. The number of pyridine rings is 1. The van der Waals surface area contributed by atoms with Crippen LogP contribution in [0.1, 0.15) is 20.3 Å². The lowest BCUT2D eigenvalue weighted by Crippen LogP contribution is -2.43. The fraction of sp³-hybridized carbons (Fsp3) is 0.688. The lowest BCUT2D eigenvalue weighted by molar-refractivity contribution is 0.0925. The zero-order valence-corrected chi connectivity index (χ0v) is 13.2. The Kier molecular flexibility index (Phi) is 6.76. The summed E-state index contributed by atoms with van der Waals surface area (Å²) in [4.78, 5) is 6.60. The summed E-state index contributed by atoms with van der Waals surface area (Å²) >= 11 is 0. The van der Waals surface area contributed by atoms with Crippen LogP contribution >= 0.6 is 0 Å². The minimum absolute atomic E-state index is 0.574. The van der Waals surface area contributed by atoms with Crippen molar-refractivity contribution in [2.45, 2.75) is 20.3 Å². The quantitative estimate of drug-likeness (QED) is 0.742. The van der Waals surface area contributed by atoms with Crippen LogP contribution in [0.2, 0.25) is 0 Å². The second-order valence-electron chi connectivity index (χ2n) is 5.76. The highest BCUT2D eigenvalue weighted by atomic mass is 16.5. The van der Waals surface area contributed by atoms with Gasteiger partial charge in [0, 0.05) is 38.9 Å². The van der Waals surface area contributed by atoms with E-state index in [2.05, 4.69) is 35.1 Å². The SMILES string of the molecule is CC(C)CCOCCOc1cncc(N2CCNCC2)c1. The third kappa shape index (κ3) is 5.89. The summed E-state index contributed by atoms with van der Waals surface area (Å²) in [6, 6.07) is 2.06. The molecule has 118 valence electrons. The topological polar surface area (TPSA) is 46.6 Å². The van der Waals surface area contributed by atoms with Gasteiger partial charge in [-0.15, -0.1) is 0 Å². The first-order valence-corrected chi connectivity index (χ1v) is 7.87. The zero-order chi connectivity index (χ0) is 14.9. The van der Waals surface area contributed by atoms with Gasteiger partial charge in [-0.2, -0.15) is 0 Å². The van der Waals surface area contributed by atoms with E-state index >= 15 is 0 Å². The molecular formula is C16H27N3O2. The molecule has 0 atom stereocenters. The molecule has 0 radical (unpaired) electrons. The summed E-state index contributed by atoms with van der Waals surface area (Å²) in [6.07, 6.45) is 4.76. The summed E-state index contributed by atoms with van der Waals surface area (Å²) in [5.74, 6) is 1.50. The molecule has 0 saturated carbocycles. The summed E-state index contributed by atoms with van der Waals surface area (Å²) < 4.78 is 11.3. The van der Waals surface area contributed by atoms with E-state index in [-0.39, 0.29) is 0 Å². The molecular weight excluding hydrogens is 266 g/mol. The highest BCUT2D eigenvalue weighted by Gasteiger charge is 2.11. The molecule has 1 N–H and O–H groups in total. The maximum Gasteiger partial charge on any atom is 0.139 e. The van der Waals surface area contributed by atoms with Crippen molar-refractivity contribution in [1.29, 1.82) is 0 Å². The van der Waals surface area contributed by atoms with Crippen molar-refractivity contribution in [3.8, 4) is 5.75 Å². The summed E-state index contributed by atoms with van der Waals surface area (Å²) in [6.45, 7) is 10.5. The van der Waals surface area contributed by atoms with Gasteiger partial charge in [-0.25, -0.2) is 0 Å². The molecule has 0 amide bonds. The summed E-state index contributed by atoms with van der Waals surface area (Å²) in [5.41, 5.74) is 1.13. The van der Waals surface area contributed by atoms with Gasteiger partial charge in [-0.3, -0.25) is 4.98 Å². The van der Waals surface area contributed by atoms with E-state index in [0.717, 1.165) is 50.6 Å². The first kappa shape index (κ1) is 16.0. The van der Waals surface area contributed by atoms with Gasteiger partial charge in [0.25, 0.3) is 0 Å². The number of hydrogen-bond acceptors (Lipinski definition) is 5. The number of nitrogens with one attached hydrogen (secondary N) is 1. The maximum atomic E-state index is 5.71. The molecule has 2 rings (SSSR count). The van der Waals surface area contributed by atoms with Gasteiger partial charge in [-0.1, -0.05) is 13.8 Å². The standard InChI is InChI=1S/C16H27N3O2/c1-14(2)3-8-20-9-10-21-16-11-15(12-18-13-16)19-6-4-17-5-7-19/h11-14,17H,3-10H2,1-2H3. The van der Waals surface area contributed by atoms with Crippen LogP contribution < -0.4 is 15.0 Å². The smallest absolute Gasteiger partial charge is 0.139 e. The molecule has 1 aromatic heterocycles. The molecule has 5 heteroatoms. The van der Waals surface area contributed by atoms with E-state index in [1.807, 2.05) is 6.20 Å². The largest absolute Gasteiger partial charge is 0.489 e. The molecule has 1 fully saturated rings. The Bertz CT molecular complexity index is 406. The van der Waals surface area contributed by atoms with Gasteiger partial charge in [0.15, 0.2) is 0 Å². The first-order chi connectivity index (χ1) is 10.3. The van der Waals surface area contributed by atoms with Crippen LogP contribution in [0.15, 0.2) is 18.5 Å². The van der Waals surface area contributed by atoms with Crippen LogP contribution in [0, 0.1) is 5.92 Å². The Balaban J connectivity index is 1.71. The van der Waals surface area contributed by atoms with Crippen molar-refractivity contribution in [3.63, 3.8) is 0 Å². The molecule has 0 bridgehead atoms. The summed E-state index contributed by atoms with van der Waals surface area (Å²) in [5, 5.41) is 3.35. The minimum atomic E-state index is 0.574. The van der Waals surface area contributed by atoms with E-state index in [1.54, 1.807) is 6.20 Å². The van der Waals surface area contributed by atoms with Crippen LogP contribution in [0.4, 0.5) is 5.69 Å². The van der Waals surface area contributed by atoms with E-state index < -0.39 is 0 Å². The predicted molar refractivity (Wildman–Crippen MR) is 85.1 cm³/mol. The molecule has 2 heterocycles. The molecule has 1 saturated heterocycles. The van der Waals surface area contributed by atoms with Crippen LogP contribution in [0.3, 0.4) is 0 Å². The Morgan fingerprint density at radius 1 is 1.19 bits per heavy atom. The Morgan fingerprint density at radius 3 is 2.76 bits per heavy atom. The molecule has 1 aliphatic heterocycles. The Morgan fingerprint density at radius 2 is 2.00 bits per heavy atom. The van der Waals surface area contributed by atoms with Gasteiger partial charge < -0.3 is 19.7 Å². The van der Waals surface area contributed by atoms with Crippen molar-refractivity contribution in [3.05, 3.63) is 18.5 Å². The number of nitrogens with zero attached hydrogens (tertiary/aromatic N) is 2. The fourth-order valence-corrected chi connectivity index (χ4v) is 2.22. The van der Waals surface area contributed by atoms with Gasteiger partial charge in [0.2, 0.25) is 0 Å². The molecule has 21 heavy (non-hydrogen) atoms. The molecule has 0 aliphatic carbocycles. The van der Waals surface area contributed by atoms with E-state index in [4.69, 9.17) is 9.47 Å². The number of anilines is 1. The van der Waals surface area contributed by atoms with Crippen molar-refractivity contribution < 1.29 is 9.47 Å². The lowest BCUT2D eigenvalue weighted by Gasteiger charge is -2.29. The molecule has 0 unspecified atom stereocenters. The van der Waals surface area contributed by atoms with Gasteiger partial charge >= 0.3 is 0 Å². The third-order valence-corrected chi connectivity index (χ3v) is 3.52. The van der Waals surface area contributed by atoms with E-state index in [9.17, 15) is 0 Å². The number of hydrogen-bond donors (Lipinski definition) is 1. The van der Waals surface area contributed by atoms with Gasteiger partial charge in [0.05, 0.1) is 24.7 Å². The van der Waals surface area contributed by atoms with Gasteiger partial charge in [0.1, 0.15) is 12.4 Å². The van der Waals surface area contributed by atoms with Crippen LogP contribution in [0.25, 0.3) is 0 Å². The lowest BCUT2D eigenvalue weighted by atomic mass is 10.1. The van der Waals surface area contributed by atoms with Crippen LogP contribution in [-0.2, 0) is 4.74 Å². The van der Waals surface area contributed by atoms with Crippen LogP contribution in [0.5, 0.6) is 5.75 Å². The fourth-order valence-electron chi connectivity index (χ4n) is 2.22. The second-order valence-corrected chi connectivity index (χ2v) is 5.76. The van der Waals surface area contributed by atoms with E-state index in [1.165, 1.54) is 0 Å². The highest BCUT2D eigenvalue weighted by Crippen LogP contribution is 2.19. The average Bonchev–Trinajstić information content (AvgIpc) is 2.52. The number of aromatic nitrogens is 1. The molecule has 0 spiro atoms. The number of ether oxygens (including phenoxy) is 2.